The molecule has 0 amide bonds. The third-order valence-corrected chi connectivity index (χ3v) is 3.35. The Morgan fingerprint density at radius 2 is 2.24 bits per heavy atom. The third kappa shape index (κ3) is 3.22. The van der Waals surface area contributed by atoms with Gasteiger partial charge < -0.3 is 4.74 Å². The van der Waals surface area contributed by atoms with E-state index in [1.807, 2.05) is 0 Å². The molecule has 1 aromatic heterocycles. The summed E-state index contributed by atoms with van der Waals surface area (Å²) in [6, 6.07) is 0. The van der Waals surface area contributed by atoms with Crippen molar-refractivity contribution in [1.29, 1.82) is 0 Å². The fraction of sp³-hybridized carbons (Fsp3) is 0.400. The maximum absolute atomic E-state index is 12.7. The highest BCUT2D eigenvalue weighted by atomic mass is 79.9. The second kappa shape index (κ2) is 6.39. The van der Waals surface area contributed by atoms with Crippen molar-refractivity contribution in [3.05, 3.63) is 27.5 Å². The number of esters is 1. The normalized spacial score (nSPS) is 10.7. The lowest BCUT2D eigenvalue weighted by atomic mass is 10.1. The lowest BCUT2D eigenvalue weighted by molar-refractivity contribution is 0.0523. The van der Waals surface area contributed by atoms with Crippen LogP contribution in [0.1, 0.15) is 35.0 Å². The number of carbonyl (C=O) groups excluding carboxylic acids is 1. The third-order valence-electron chi connectivity index (χ3n) is 1.96. The summed E-state index contributed by atoms with van der Waals surface area (Å²) in [6.07, 6.45) is -1.65. The monoisotopic (exact) mass is 371 g/mol. The molecule has 3 nitrogen and oxygen atoms in total. The van der Waals surface area contributed by atoms with Gasteiger partial charge in [-0.2, -0.15) is 0 Å². The van der Waals surface area contributed by atoms with Crippen LogP contribution < -0.4 is 0 Å². The van der Waals surface area contributed by atoms with Crippen LogP contribution in [-0.2, 0) is 10.1 Å². The van der Waals surface area contributed by atoms with E-state index in [0.29, 0.717) is 5.69 Å². The molecule has 0 fully saturated rings. The highest BCUT2D eigenvalue weighted by molar-refractivity contribution is 9.10. The predicted molar refractivity (Wildman–Crippen MR) is 65.5 cm³/mol. The van der Waals surface area contributed by atoms with Gasteiger partial charge in [-0.25, -0.2) is 13.6 Å². The Bertz CT molecular complexity index is 427. The molecular weight excluding hydrogens is 364 g/mol. The van der Waals surface area contributed by atoms with E-state index in [4.69, 9.17) is 4.74 Å². The molecule has 17 heavy (non-hydrogen) atoms. The zero-order valence-electron chi connectivity index (χ0n) is 8.84. The molecule has 0 atom stereocenters. The fourth-order valence-electron chi connectivity index (χ4n) is 1.20. The summed E-state index contributed by atoms with van der Waals surface area (Å²) in [5, 5.41) is 0.281. The topological polar surface area (TPSA) is 39.2 Å². The summed E-state index contributed by atoms with van der Waals surface area (Å²) in [5.74, 6) is -0.663. The highest BCUT2D eigenvalue weighted by Crippen LogP contribution is 2.32. The van der Waals surface area contributed by atoms with Crippen LogP contribution >= 0.6 is 31.9 Å². The second-order valence-electron chi connectivity index (χ2n) is 3.00. The van der Waals surface area contributed by atoms with Crippen LogP contribution in [0.25, 0.3) is 0 Å². The van der Waals surface area contributed by atoms with E-state index in [0.717, 1.165) is 6.20 Å². The Morgan fingerprint density at radius 1 is 1.59 bits per heavy atom. The minimum absolute atomic E-state index is 0.0374. The molecule has 0 aromatic carbocycles. The summed E-state index contributed by atoms with van der Waals surface area (Å²) in [5.41, 5.74) is 0.0824. The minimum Gasteiger partial charge on any atom is -0.462 e. The van der Waals surface area contributed by atoms with Crippen LogP contribution in [0.4, 0.5) is 8.78 Å². The number of halogens is 4. The zero-order chi connectivity index (χ0) is 13.0. The van der Waals surface area contributed by atoms with E-state index in [1.165, 1.54) is 0 Å². The molecule has 0 aliphatic heterocycles. The van der Waals surface area contributed by atoms with Crippen LogP contribution in [0.2, 0.25) is 0 Å². The maximum atomic E-state index is 12.7. The van der Waals surface area contributed by atoms with Gasteiger partial charge in [-0.05, 0) is 22.9 Å². The van der Waals surface area contributed by atoms with E-state index >= 15 is 0 Å². The Hall–Kier alpha value is -0.560. The summed E-state index contributed by atoms with van der Waals surface area (Å²) < 4.78 is 30.2. The van der Waals surface area contributed by atoms with Crippen molar-refractivity contribution in [2.24, 2.45) is 0 Å². The predicted octanol–water partition coefficient (Wildman–Crippen LogP) is 3.85. The molecular formula is C10H9Br2F2NO2. The summed E-state index contributed by atoms with van der Waals surface area (Å²) in [4.78, 5) is 15.5. The lowest BCUT2D eigenvalue weighted by Crippen LogP contribution is -2.11. The number of alkyl halides is 3. The van der Waals surface area contributed by atoms with E-state index in [2.05, 4.69) is 36.8 Å². The number of carbonyl (C=O) groups is 1. The van der Waals surface area contributed by atoms with Gasteiger partial charge in [0.25, 0.3) is 6.43 Å². The summed E-state index contributed by atoms with van der Waals surface area (Å²) >= 11 is 6.15. The van der Waals surface area contributed by atoms with Crippen molar-refractivity contribution in [3.63, 3.8) is 0 Å². The number of pyridine rings is 1. The van der Waals surface area contributed by atoms with Gasteiger partial charge in [0.1, 0.15) is 0 Å². The van der Waals surface area contributed by atoms with E-state index < -0.39 is 12.4 Å². The van der Waals surface area contributed by atoms with Crippen molar-refractivity contribution in [3.8, 4) is 0 Å². The Labute approximate surface area is 114 Å². The summed E-state index contributed by atoms with van der Waals surface area (Å²) in [6.45, 7) is 1.82. The first kappa shape index (κ1) is 14.5. The van der Waals surface area contributed by atoms with E-state index in [1.54, 1.807) is 6.92 Å². The maximum Gasteiger partial charge on any atom is 0.341 e. The average Bonchev–Trinajstić information content (AvgIpc) is 2.27. The van der Waals surface area contributed by atoms with Crippen molar-refractivity contribution in [2.75, 3.05) is 6.61 Å². The van der Waals surface area contributed by atoms with Crippen LogP contribution in [0.3, 0.4) is 0 Å². The first-order valence-electron chi connectivity index (χ1n) is 4.71. The summed E-state index contributed by atoms with van der Waals surface area (Å²) in [7, 11) is 0. The van der Waals surface area contributed by atoms with Gasteiger partial charge in [-0.3, -0.25) is 4.98 Å². The molecule has 94 valence electrons. The van der Waals surface area contributed by atoms with Crippen molar-refractivity contribution in [1.82, 2.24) is 4.98 Å². The molecule has 0 bridgehead atoms. The quantitative estimate of drug-likeness (QED) is 0.595. The average molecular weight is 373 g/mol. The van der Waals surface area contributed by atoms with Crippen molar-refractivity contribution in [2.45, 2.75) is 18.7 Å². The molecule has 1 rings (SSSR count). The molecule has 1 heterocycles. The number of nitrogens with zero attached hydrogens (tertiary/aromatic N) is 1. The smallest absolute Gasteiger partial charge is 0.341 e. The standard InChI is InChI=1S/C10H9Br2F2NO2/c1-2-17-10(16)7-6(3-11)15-4-5(8(7)12)9(13)14/h4,9H,2-3H2,1H3. The first-order chi connectivity index (χ1) is 8.02. The molecule has 0 aliphatic carbocycles. The van der Waals surface area contributed by atoms with Crippen LogP contribution in [0, 0.1) is 0 Å². The molecule has 1 aromatic rings. The van der Waals surface area contributed by atoms with Crippen molar-refractivity contribution >= 4 is 37.8 Å². The molecule has 0 radical (unpaired) electrons. The van der Waals surface area contributed by atoms with Gasteiger partial charge in [0, 0.05) is 16.0 Å². The van der Waals surface area contributed by atoms with Crippen molar-refractivity contribution < 1.29 is 18.3 Å². The number of ether oxygens (including phenoxy) is 1. The Morgan fingerprint density at radius 3 is 2.71 bits per heavy atom. The van der Waals surface area contributed by atoms with Gasteiger partial charge in [-0.1, -0.05) is 15.9 Å². The second-order valence-corrected chi connectivity index (χ2v) is 4.36. The molecule has 0 saturated heterocycles. The lowest BCUT2D eigenvalue weighted by Gasteiger charge is -2.11. The molecule has 0 N–H and O–H groups in total. The first-order valence-corrected chi connectivity index (χ1v) is 6.62. The zero-order valence-corrected chi connectivity index (χ0v) is 12.0. The van der Waals surface area contributed by atoms with Gasteiger partial charge in [0.2, 0.25) is 0 Å². The Kier molecular flexibility index (Phi) is 5.45. The van der Waals surface area contributed by atoms with Gasteiger partial charge in [0.05, 0.1) is 23.4 Å². The van der Waals surface area contributed by atoms with E-state index in [-0.39, 0.29) is 27.5 Å². The largest absolute Gasteiger partial charge is 0.462 e. The van der Waals surface area contributed by atoms with Gasteiger partial charge in [-0.15, -0.1) is 0 Å². The van der Waals surface area contributed by atoms with Crippen LogP contribution in [0.5, 0.6) is 0 Å². The van der Waals surface area contributed by atoms with Gasteiger partial charge in [0.15, 0.2) is 0 Å². The highest BCUT2D eigenvalue weighted by Gasteiger charge is 2.23. The minimum atomic E-state index is -2.70. The van der Waals surface area contributed by atoms with E-state index in [9.17, 15) is 13.6 Å². The number of hydrogen-bond donors (Lipinski definition) is 0. The van der Waals surface area contributed by atoms with Gasteiger partial charge >= 0.3 is 5.97 Å². The molecule has 0 spiro atoms. The number of rotatable bonds is 4. The van der Waals surface area contributed by atoms with Crippen LogP contribution in [-0.4, -0.2) is 17.6 Å². The number of hydrogen-bond acceptors (Lipinski definition) is 3. The number of aromatic nitrogens is 1. The SMILES string of the molecule is CCOC(=O)c1c(CBr)ncc(C(F)F)c1Br. The Balaban J connectivity index is 3.32. The molecule has 7 heteroatoms. The molecule has 0 aliphatic rings. The molecule has 0 saturated carbocycles. The molecule has 0 unspecified atom stereocenters. The van der Waals surface area contributed by atoms with Crippen LogP contribution in [0.15, 0.2) is 10.7 Å². The fourth-order valence-corrected chi connectivity index (χ4v) is 2.30.